The Balaban J connectivity index is 1.45. The summed E-state index contributed by atoms with van der Waals surface area (Å²) in [6.07, 6.45) is 3.55. The molecule has 5 rings (SSSR count). The molecule has 3 aliphatic rings. The van der Waals surface area contributed by atoms with Gasteiger partial charge in [-0.1, -0.05) is 11.6 Å². The number of hydrogen-bond acceptors (Lipinski definition) is 7. The highest BCUT2D eigenvalue weighted by molar-refractivity contribution is 9.10. The van der Waals surface area contributed by atoms with Gasteiger partial charge in [0.2, 0.25) is 5.95 Å². The van der Waals surface area contributed by atoms with E-state index in [1.807, 2.05) is 6.92 Å². The number of hydrogen-bond donors (Lipinski definition) is 1. The molecule has 0 aliphatic carbocycles. The number of anilines is 1. The number of nitrogens with zero attached hydrogens (tertiary/aromatic N) is 5. The second-order valence-electron chi connectivity index (χ2n) is 8.62. The minimum atomic E-state index is -0.106. The fraction of sp³-hybridized carbons (Fsp3) is 0.524. The van der Waals surface area contributed by atoms with Crippen molar-refractivity contribution in [3.05, 3.63) is 49.1 Å². The third-order valence-corrected chi connectivity index (χ3v) is 8.27. The average Bonchev–Trinajstić information content (AvgIpc) is 3.31. The summed E-state index contributed by atoms with van der Waals surface area (Å²) in [7, 11) is 1.77. The highest BCUT2D eigenvalue weighted by Crippen LogP contribution is 2.41. The summed E-state index contributed by atoms with van der Waals surface area (Å²) in [4.78, 5) is 29.1. The lowest BCUT2D eigenvalue weighted by molar-refractivity contribution is 0.0973. The molecule has 2 atom stereocenters. The molecule has 0 bridgehead atoms. The van der Waals surface area contributed by atoms with Crippen LogP contribution in [0.4, 0.5) is 5.95 Å². The molecule has 2 saturated heterocycles. The predicted octanol–water partition coefficient (Wildman–Crippen LogP) is 2.27. The van der Waals surface area contributed by atoms with Gasteiger partial charge in [0.1, 0.15) is 5.15 Å². The number of halogens is 2. The molecule has 1 spiro atoms. The Bertz CT molecular complexity index is 1140. The maximum absolute atomic E-state index is 13.4. The van der Waals surface area contributed by atoms with Crippen LogP contribution in [0.25, 0.3) is 0 Å². The minimum Gasteiger partial charge on any atom is -0.376 e. The number of rotatable bonds is 2. The van der Waals surface area contributed by atoms with Crippen molar-refractivity contribution in [2.45, 2.75) is 38.5 Å². The number of aliphatic imine (C=N–C) groups is 1. The van der Waals surface area contributed by atoms with E-state index in [9.17, 15) is 4.79 Å². The molecule has 10 heteroatoms. The standard InChI is InChI=1S/C21H24BrClN6O2/c1-11-17(24)21(10-31-11)4-7-29(8-5-21)20-27-13-9-26-16(14(13)19(30)28(20)2)12-3-6-25-18(23)15(12)22/h3,6,11,17H,4-5,7-10,24H2,1-2H3/t11-,17+/m0/s1. The molecule has 0 unspecified atom stereocenters. The van der Waals surface area contributed by atoms with E-state index in [2.05, 4.69) is 30.8 Å². The predicted molar refractivity (Wildman–Crippen MR) is 123 cm³/mol. The zero-order valence-electron chi connectivity index (χ0n) is 17.4. The van der Waals surface area contributed by atoms with Crippen LogP contribution in [0.5, 0.6) is 0 Å². The van der Waals surface area contributed by atoms with Crippen LogP contribution < -0.4 is 16.2 Å². The third-order valence-electron chi connectivity index (χ3n) is 6.96. The van der Waals surface area contributed by atoms with Crippen molar-refractivity contribution < 1.29 is 4.74 Å². The monoisotopic (exact) mass is 506 g/mol. The van der Waals surface area contributed by atoms with E-state index in [4.69, 9.17) is 27.1 Å². The van der Waals surface area contributed by atoms with Gasteiger partial charge in [-0.2, -0.15) is 0 Å². The molecule has 3 aliphatic heterocycles. The van der Waals surface area contributed by atoms with Gasteiger partial charge >= 0.3 is 0 Å². The topological polar surface area (TPSA) is 98.6 Å². The smallest absolute Gasteiger partial charge is 0.264 e. The molecule has 2 fully saturated rings. The van der Waals surface area contributed by atoms with Gasteiger partial charge in [-0.15, -0.1) is 0 Å². The van der Waals surface area contributed by atoms with Crippen molar-refractivity contribution in [1.29, 1.82) is 0 Å². The van der Waals surface area contributed by atoms with Crippen LogP contribution in [0.2, 0.25) is 5.15 Å². The van der Waals surface area contributed by atoms with E-state index in [0.29, 0.717) is 45.7 Å². The summed E-state index contributed by atoms with van der Waals surface area (Å²) in [5.41, 5.74) is 8.94. The van der Waals surface area contributed by atoms with Crippen molar-refractivity contribution in [3.63, 3.8) is 0 Å². The highest BCUT2D eigenvalue weighted by Gasteiger charge is 2.48. The maximum Gasteiger partial charge on any atom is 0.264 e. The van der Waals surface area contributed by atoms with Crippen LogP contribution in [-0.4, -0.2) is 52.1 Å². The first kappa shape index (κ1) is 21.1. The van der Waals surface area contributed by atoms with Gasteiger partial charge in [-0.25, -0.2) is 9.97 Å². The largest absolute Gasteiger partial charge is 0.376 e. The van der Waals surface area contributed by atoms with E-state index in [0.717, 1.165) is 31.5 Å². The molecule has 0 aromatic carbocycles. The number of piperidine rings is 1. The van der Waals surface area contributed by atoms with Gasteiger partial charge in [0, 0.05) is 43.4 Å². The van der Waals surface area contributed by atoms with Gasteiger partial charge in [-0.3, -0.25) is 14.4 Å². The average molecular weight is 508 g/mol. The van der Waals surface area contributed by atoms with Gasteiger partial charge < -0.3 is 15.4 Å². The third kappa shape index (κ3) is 3.25. The van der Waals surface area contributed by atoms with Gasteiger partial charge in [0.15, 0.2) is 0 Å². The Hall–Kier alpha value is -1.81. The van der Waals surface area contributed by atoms with Crippen molar-refractivity contribution in [3.8, 4) is 0 Å². The Labute approximate surface area is 193 Å². The first-order valence-corrected chi connectivity index (χ1v) is 11.6. The van der Waals surface area contributed by atoms with Crippen LogP contribution in [0.3, 0.4) is 0 Å². The van der Waals surface area contributed by atoms with E-state index < -0.39 is 0 Å². The summed E-state index contributed by atoms with van der Waals surface area (Å²) in [6, 6.07) is 1.85. The fourth-order valence-corrected chi connectivity index (χ4v) is 5.53. The van der Waals surface area contributed by atoms with Crippen LogP contribution in [-0.2, 0) is 18.3 Å². The number of pyridine rings is 1. The molecule has 2 aromatic heterocycles. The quantitative estimate of drug-likeness (QED) is 0.626. The van der Waals surface area contributed by atoms with Crippen LogP contribution in [0.15, 0.2) is 26.5 Å². The Morgan fingerprint density at radius 3 is 2.77 bits per heavy atom. The number of aromatic nitrogens is 3. The van der Waals surface area contributed by atoms with Crippen LogP contribution in [0.1, 0.15) is 36.6 Å². The Morgan fingerprint density at radius 1 is 1.35 bits per heavy atom. The molecule has 5 heterocycles. The number of ether oxygens (including phenoxy) is 1. The van der Waals surface area contributed by atoms with Crippen LogP contribution >= 0.6 is 27.5 Å². The highest BCUT2D eigenvalue weighted by atomic mass is 79.9. The second-order valence-corrected chi connectivity index (χ2v) is 9.77. The molecule has 2 aromatic rings. The summed E-state index contributed by atoms with van der Waals surface area (Å²) in [6.45, 7) is 4.71. The molecular formula is C21H24BrClN6O2. The van der Waals surface area contributed by atoms with E-state index >= 15 is 0 Å². The SMILES string of the molecule is C[C@@H]1OCC2(CCN(c3nc4c(c(=O)n3C)C(c3ccnc(Cl)c3Br)=NC4)CC2)[C@@H]1N. The van der Waals surface area contributed by atoms with Gasteiger partial charge in [-0.05, 0) is 41.8 Å². The Morgan fingerprint density at radius 2 is 2.10 bits per heavy atom. The summed E-state index contributed by atoms with van der Waals surface area (Å²) < 4.78 is 8.08. The number of nitrogens with two attached hydrogens (primary N) is 1. The molecule has 0 radical (unpaired) electrons. The first-order chi connectivity index (χ1) is 14.8. The molecule has 31 heavy (non-hydrogen) atoms. The van der Waals surface area contributed by atoms with Gasteiger partial charge in [0.25, 0.3) is 5.56 Å². The maximum atomic E-state index is 13.4. The lowest BCUT2D eigenvalue weighted by atomic mass is 9.73. The lowest BCUT2D eigenvalue weighted by Crippen LogP contribution is -2.51. The molecule has 0 amide bonds. The minimum absolute atomic E-state index is 0.0225. The summed E-state index contributed by atoms with van der Waals surface area (Å²) in [5, 5.41) is 0.334. The second kappa shape index (κ2) is 7.65. The van der Waals surface area contributed by atoms with Crippen molar-refractivity contribution in [2.24, 2.45) is 23.2 Å². The van der Waals surface area contributed by atoms with Gasteiger partial charge in [0.05, 0.1) is 40.7 Å². The number of fused-ring (bicyclic) bond motifs is 1. The molecule has 2 N–H and O–H groups in total. The lowest BCUT2D eigenvalue weighted by Gasteiger charge is -2.41. The van der Waals surface area contributed by atoms with Crippen molar-refractivity contribution in [1.82, 2.24) is 14.5 Å². The normalized spacial score (nSPS) is 24.5. The van der Waals surface area contributed by atoms with E-state index in [1.165, 1.54) is 0 Å². The van der Waals surface area contributed by atoms with Crippen molar-refractivity contribution in [2.75, 3.05) is 24.6 Å². The summed E-state index contributed by atoms with van der Waals surface area (Å²) in [5.74, 6) is 0.683. The fourth-order valence-electron chi connectivity index (χ4n) is 4.95. The van der Waals surface area contributed by atoms with E-state index in [1.54, 1.807) is 23.9 Å². The molecular weight excluding hydrogens is 484 g/mol. The zero-order chi connectivity index (χ0) is 21.9. The molecule has 164 valence electrons. The molecule has 8 nitrogen and oxygen atoms in total. The van der Waals surface area contributed by atoms with Crippen molar-refractivity contribution >= 4 is 39.2 Å². The van der Waals surface area contributed by atoms with Crippen LogP contribution in [0, 0.1) is 5.41 Å². The van der Waals surface area contributed by atoms with E-state index in [-0.39, 0.29) is 23.1 Å². The first-order valence-electron chi connectivity index (χ1n) is 10.4. The zero-order valence-corrected chi connectivity index (χ0v) is 19.8. The molecule has 0 saturated carbocycles. The Kier molecular flexibility index (Phi) is 5.20. The summed E-state index contributed by atoms with van der Waals surface area (Å²) >= 11 is 9.62.